The molecule has 0 aliphatic heterocycles. The molecule has 0 fully saturated rings. The number of carboxylic acid groups (broad SMARTS) is 1. The minimum absolute atomic E-state index is 0.00681. The van der Waals surface area contributed by atoms with Gasteiger partial charge in [-0.1, -0.05) is 30.3 Å². The van der Waals surface area contributed by atoms with Crippen molar-refractivity contribution in [3.8, 4) is 0 Å². The zero-order chi connectivity index (χ0) is 15.8. The van der Waals surface area contributed by atoms with Crippen molar-refractivity contribution in [2.45, 2.75) is 13.0 Å². The maximum absolute atomic E-state index is 11.6. The van der Waals surface area contributed by atoms with Gasteiger partial charge < -0.3 is 15.2 Å². The molecule has 2 rings (SSSR count). The molecule has 2 N–H and O–H groups in total. The first kappa shape index (κ1) is 16.1. The van der Waals surface area contributed by atoms with Crippen molar-refractivity contribution in [3.63, 3.8) is 0 Å². The van der Waals surface area contributed by atoms with Gasteiger partial charge >= 0.3 is 5.97 Å². The van der Waals surface area contributed by atoms with Gasteiger partial charge in [0.2, 0.25) is 5.91 Å². The molecule has 7 heteroatoms. The second kappa shape index (κ2) is 8.26. The highest BCUT2D eigenvalue weighted by Gasteiger charge is 2.08. The van der Waals surface area contributed by atoms with Crippen molar-refractivity contribution in [1.82, 2.24) is 10.3 Å². The van der Waals surface area contributed by atoms with E-state index >= 15 is 0 Å². The van der Waals surface area contributed by atoms with Crippen LogP contribution >= 0.6 is 11.3 Å². The van der Waals surface area contributed by atoms with E-state index in [1.807, 2.05) is 30.3 Å². The number of carboxylic acids is 1. The predicted molar refractivity (Wildman–Crippen MR) is 81.9 cm³/mol. The van der Waals surface area contributed by atoms with Gasteiger partial charge in [0.1, 0.15) is 6.61 Å². The molecule has 0 saturated carbocycles. The molecule has 0 saturated heterocycles. The first-order valence-electron chi connectivity index (χ1n) is 6.71. The number of benzene rings is 1. The summed E-state index contributed by atoms with van der Waals surface area (Å²) in [5.74, 6) is -1.24. The molecule has 2 aromatic rings. The average Bonchev–Trinajstić information content (AvgIpc) is 2.97. The normalized spacial score (nSPS) is 10.4. The highest BCUT2D eigenvalue weighted by atomic mass is 32.1. The van der Waals surface area contributed by atoms with Crippen LogP contribution in [0.5, 0.6) is 0 Å². The highest BCUT2D eigenvalue weighted by molar-refractivity contribution is 7.09. The summed E-state index contributed by atoms with van der Waals surface area (Å²) >= 11 is 1.27. The van der Waals surface area contributed by atoms with Crippen LogP contribution in [0, 0.1) is 0 Å². The first-order valence-corrected chi connectivity index (χ1v) is 7.59. The second-order valence-electron chi connectivity index (χ2n) is 4.51. The number of nitrogens with zero attached hydrogens (tertiary/aromatic N) is 1. The number of aromatic nitrogens is 1. The van der Waals surface area contributed by atoms with E-state index in [1.54, 1.807) is 0 Å². The molecule has 0 spiro atoms. The van der Waals surface area contributed by atoms with Gasteiger partial charge in [-0.2, -0.15) is 0 Å². The molecule has 0 unspecified atom stereocenters. The minimum atomic E-state index is -1.04. The average molecular weight is 320 g/mol. The van der Waals surface area contributed by atoms with Crippen LogP contribution in [-0.2, 0) is 22.6 Å². The largest absolute Gasteiger partial charge is 0.476 e. The van der Waals surface area contributed by atoms with E-state index < -0.39 is 5.97 Å². The summed E-state index contributed by atoms with van der Waals surface area (Å²) in [6.45, 7) is 0.788. The Hall–Kier alpha value is -2.25. The fourth-order valence-corrected chi connectivity index (χ4v) is 2.49. The van der Waals surface area contributed by atoms with Crippen molar-refractivity contribution in [1.29, 1.82) is 0 Å². The number of carbonyl (C=O) groups is 2. The first-order chi connectivity index (χ1) is 10.6. The molecule has 1 amide bonds. The van der Waals surface area contributed by atoms with Gasteiger partial charge in [0.25, 0.3) is 0 Å². The Balaban J connectivity index is 1.62. The molecule has 6 nitrogen and oxygen atoms in total. The monoisotopic (exact) mass is 320 g/mol. The van der Waals surface area contributed by atoms with E-state index in [2.05, 4.69) is 10.3 Å². The molecule has 116 valence electrons. The van der Waals surface area contributed by atoms with Crippen LogP contribution in [0.4, 0.5) is 0 Å². The van der Waals surface area contributed by atoms with E-state index in [0.29, 0.717) is 24.6 Å². The third-order valence-corrected chi connectivity index (χ3v) is 3.69. The summed E-state index contributed by atoms with van der Waals surface area (Å²) < 4.78 is 5.32. The Kier molecular flexibility index (Phi) is 6.05. The second-order valence-corrected chi connectivity index (χ2v) is 5.45. The number of aromatic carboxylic acids is 1. The smallest absolute Gasteiger partial charge is 0.355 e. The number of amides is 1. The molecule has 0 aliphatic rings. The third-order valence-electron chi connectivity index (χ3n) is 2.78. The Morgan fingerprint density at radius 3 is 2.73 bits per heavy atom. The van der Waals surface area contributed by atoms with E-state index in [1.165, 1.54) is 16.7 Å². The fourth-order valence-electron chi connectivity index (χ4n) is 1.72. The maximum atomic E-state index is 11.6. The molecule has 1 aromatic carbocycles. The highest BCUT2D eigenvalue weighted by Crippen LogP contribution is 2.09. The van der Waals surface area contributed by atoms with Crippen LogP contribution in [0.2, 0.25) is 0 Å². The maximum Gasteiger partial charge on any atom is 0.355 e. The molecule has 1 aromatic heterocycles. The van der Waals surface area contributed by atoms with Crippen molar-refractivity contribution in [3.05, 3.63) is 52.0 Å². The van der Waals surface area contributed by atoms with Gasteiger partial charge in [-0.15, -0.1) is 11.3 Å². The number of rotatable bonds is 8. The van der Waals surface area contributed by atoms with Crippen molar-refractivity contribution >= 4 is 23.2 Å². The lowest BCUT2D eigenvalue weighted by atomic mass is 10.2. The van der Waals surface area contributed by atoms with Crippen LogP contribution in [-0.4, -0.2) is 35.1 Å². The molecular weight excluding hydrogens is 304 g/mol. The van der Waals surface area contributed by atoms with Crippen LogP contribution in [0.1, 0.15) is 21.1 Å². The number of thiazole rings is 1. The molecule has 1 heterocycles. The number of nitrogens with one attached hydrogen (secondary N) is 1. The zero-order valence-electron chi connectivity index (χ0n) is 11.8. The summed E-state index contributed by atoms with van der Waals surface area (Å²) in [5.41, 5.74) is 1.05. The van der Waals surface area contributed by atoms with E-state index in [0.717, 1.165) is 5.56 Å². The number of ether oxygens (including phenoxy) is 1. The number of hydrogen-bond acceptors (Lipinski definition) is 5. The Morgan fingerprint density at radius 2 is 2.05 bits per heavy atom. The lowest BCUT2D eigenvalue weighted by Gasteiger charge is -2.05. The topological polar surface area (TPSA) is 88.5 Å². The van der Waals surface area contributed by atoms with Gasteiger partial charge in [0, 0.05) is 18.3 Å². The fraction of sp³-hybridized carbons (Fsp3) is 0.267. The zero-order valence-corrected chi connectivity index (χ0v) is 12.6. The summed E-state index contributed by atoms with van der Waals surface area (Å²) in [6, 6.07) is 9.61. The molecule has 0 aliphatic carbocycles. The van der Waals surface area contributed by atoms with Crippen molar-refractivity contribution in [2.24, 2.45) is 0 Å². The SMILES string of the molecule is O=C(COCc1ccccc1)NCCc1nc(C(=O)O)cs1. The van der Waals surface area contributed by atoms with Crippen LogP contribution in [0.15, 0.2) is 35.7 Å². The molecule has 0 radical (unpaired) electrons. The minimum Gasteiger partial charge on any atom is -0.476 e. The third kappa shape index (κ3) is 5.27. The van der Waals surface area contributed by atoms with Crippen LogP contribution in [0.25, 0.3) is 0 Å². The molecule has 0 bridgehead atoms. The number of carbonyl (C=O) groups excluding carboxylic acids is 1. The van der Waals surface area contributed by atoms with E-state index in [9.17, 15) is 9.59 Å². The summed E-state index contributed by atoms with van der Waals surface area (Å²) in [4.78, 5) is 26.2. The lowest BCUT2D eigenvalue weighted by molar-refractivity contribution is -0.126. The Bertz CT molecular complexity index is 627. The van der Waals surface area contributed by atoms with Crippen LogP contribution in [0.3, 0.4) is 0 Å². The Labute approximate surface area is 131 Å². The summed E-state index contributed by atoms with van der Waals surface area (Å²) in [7, 11) is 0. The van der Waals surface area contributed by atoms with E-state index in [4.69, 9.17) is 9.84 Å². The van der Waals surface area contributed by atoms with Gasteiger partial charge in [0.05, 0.1) is 11.6 Å². The van der Waals surface area contributed by atoms with Crippen molar-refractivity contribution in [2.75, 3.05) is 13.2 Å². The summed E-state index contributed by atoms with van der Waals surface area (Å²) in [6.07, 6.45) is 0.502. The summed E-state index contributed by atoms with van der Waals surface area (Å²) in [5, 5.41) is 13.6. The van der Waals surface area contributed by atoms with Crippen LogP contribution < -0.4 is 5.32 Å². The van der Waals surface area contributed by atoms with Crippen molar-refractivity contribution < 1.29 is 19.4 Å². The quantitative estimate of drug-likeness (QED) is 0.773. The standard InChI is InChI=1S/C15H16N2O4S/c18-13(9-21-8-11-4-2-1-3-5-11)16-7-6-14-17-12(10-22-14)15(19)20/h1-5,10H,6-9H2,(H,16,18)(H,19,20). The van der Waals surface area contributed by atoms with Gasteiger partial charge in [0.15, 0.2) is 5.69 Å². The molecular formula is C15H16N2O4S. The van der Waals surface area contributed by atoms with Gasteiger partial charge in [-0.05, 0) is 5.56 Å². The van der Waals surface area contributed by atoms with Gasteiger partial charge in [-0.3, -0.25) is 4.79 Å². The number of hydrogen-bond donors (Lipinski definition) is 2. The Morgan fingerprint density at radius 1 is 1.27 bits per heavy atom. The predicted octanol–water partition coefficient (Wildman–Crippen LogP) is 1.72. The molecule has 22 heavy (non-hydrogen) atoms. The lowest BCUT2D eigenvalue weighted by Crippen LogP contribution is -2.29. The van der Waals surface area contributed by atoms with Gasteiger partial charge in [-0.25, -0.2) is 9.78 Å². The molecule has 0 atom stereocenters. The van der Waals surface area contributed by atoms with E-state index in [-0.39, 0.29) is 18.2 Å².